The molecule has 0 fully saturated rings. The van der Waals surface area contributed by atoms with Crippen LogP contribution in [0, 0.1) is 6.92 Å². The summed E-state index contributed by atoms with van der Waals surface area (Å²) >= 11 is 0. The highest BCUT2D eigenvalue weighted by molar-refractivity contribution is 5.98. The first-order valence-corrected chi connectivity index (χ1v) is 6.43. The minimum absolute atomic E-state index is 0.230. The first-order valence-electron chi connectivity index (χ1n) is 6.43. The predicted octanol–water partition coefficient (Wildman–Crippen LogP) is 3.92. The fourth-order valence-electron chi connectivity index (χ4n) is 2.37. The van der Waals surface area contributed by atoms with Gasteiger partial charge in [0.15, 0.2) is 0 Å². The second-order valence-electron chi connectivity index (χ2n) is 4.67. The zero-order valence-electron chi connectivity index (χ0n) is 11.4. The third-order valence-electron chi connectivity index (χ3n) is 3.42. The monoisotopic (exact) mass is 265 g/mol. The topological polar surface area (TPSA) is 42.4 Å². The Balaban J connectivity index is 2.30. The van der Waals surface area contributed by atoms with Crippen molar-refractivity contribution in [1.29, 1.82) is 0 Å². The summed E-state index contributed by atoms with van der Waals surface area (Å²) in [6, 6.07) is 15.5. The lowest BCUT2D eigenvalue weighted by molar-refractivity contribution is 0.415. The van der Waals surface area contributed by atoms with Gasteiger partial charge in [0.1, 0.15) is 11.5 Å². The molecule has 0 bridgehead atoms. The van der Waals surface area contributed by atoms with Gasteiger partial charge in [0.05, 0.1) is 18.3 Å². The molecule has 3 nitrogen and oxygen atoms in total. The maximum atomic E-state index is 10.4. The number of aromatic hydroxyl groups is 1. The molecule has 0 aliphatic heterocycles. The van der Waals surface area contributed by atoms with E-state index in [0.717, 1.165) is 27.8 Å². The van der Waals surface area contributed by atoms with Gasteiger partial charge in [0.25, 0.3) is 0 Å². The van der Waals surface area contributed by atoms with Crippen molar-refractivity contribution in [3.63, 3.8) is 0 Å². The number of aryl methyl sites for hydroxylation is 1. The molecule has 2 aromatic carbocycles. The molecule has 1 heterocycles. The van der Waals surface area contributed by atoms with E-state index < -0.39 is 0 Å². The van der Waals surface area contributed by atoms with Crippen LogP contribution in [0.15, 0.2) is 48.5 Å². The van der Waals surface area contributed by atoms with Gasteiger partial charge >= 0.3 is 0 Å². The van der Waals surface area contributed by atoms with Crippen molar-refractivity contribution in [3.05, 3.63) is 54.2 Å². The van der Waals surface area contributed by atoms with E-state index in [4.69, 9.17) is 4.74 Å². The van der Waals surface area contributed by atoms with Crippen LogP contribution in [-0.2, 0) is 0 Å². The van der Waals surface area contributed by atoms with Crippen LogP contribution in [0.1, 0.15) is 5.69 Å². The van der Waals surface area contributed by atoms with Gasteiger partial charge in [-0.05, 0) is 30.7 Å². The number of fused-ring (bicyclic) bond motifs is 1. The van der Waals surface area contributed by atoms with Crippen molar-refractivity contribution in [2.45, 2.75) is 6.92 Å². The van der Waals surface area contributed by atoms with Crippen molar-refractivity contribution in [1.82, 2.24) is 4.98 Å². The highest BCUT2D eigenvalue weighted by atomic mass is 16.5. The van der Waals surface area contributed by atoms with Crippen LogP contribution in [-0.4, -0.2) is 17.2 Å². The number of hydrogen-bond donors (Lipinski definition) is 1. The molecule has 0 saturated carbocycles. The summed E-state index contributed by atoms with van der Waals surface area (Å²) in [7, 11) is 1.64. The molecular formula is C17H15NO2. The fourth-order valence-corrected chi connectivity index (χ4v) is 2.37. The molecule has 20 heavy (non-hydrogen) atoms. The Bertz CT molecular complexity index is 764. The van der Waals surface area contributed by atoms with Gasteiger partial charge in [-0.25, -0.2) is 4.98 Å². The Kier molecular flexibility index (Phi) is 3.03. The van der Waals surface area contributed by atoms with Gasteiger partial charge in [-0.3, -0.25) is 0 Å². The van der Waals surface area contributed by atoms with E-state index in [9.17, 15) is 5.11 Å². The van der Waals surface area contributed by atoms with Gasteiger partial charge in [0, 0.05) is 10.9 Å². The van der Waals surface area contributed by atoms with Crippen LogP contribution in [0.3, 0.4) is 0 Å². The second kappa shape index (κ2) is 4.85. The Morgan fingerprint density at radius 2 is 1.70 bits per heavy atom. The average Bonchev–Trinajstić information content (AvgIpc) is 2.49. The van der Waals surface area contributed by atoms with Gasteiger partial charge < -0.3 is 9.84 Å². The maximum absolute atomic E-state index is 10.4. The molecular weight excluding hydrogens is 250 g/mol. The van der Waals surface area contributed by atoms with Crippen LogP contribution in [0.25, 0.3) is 22.0 Å². The molecule has 0 aliphatic carbocycles. The number of methoxy groups -OCH3 is 1. The lowest BCUT2D eigenvalue weighted by atomic mass is 9.99. The Hall–Kier alpha value is -2.55. The smallest absolute Gasteiger partial charge is 0.145 e. The van der Waals surface area contributed by atoms with Crippen LogP contribution in [0.2, 0.25) is 0 Å². The van der Waals surface area contributed by atoms with Crippen LogP contribution in [0.5, 0.6) is 11.5 Å². The van der Waals surface area contributed by atoms with Gasteiger partial charge in [-0.15, -0.1) is 0 Å². The Morgan fingerprint density at radius 3 is 2.40 bits per heavy atom. The van der Waals surface area contributed by atoms with E-state index in [1.165, 1.54) is 0 Å². The molecule has 3 aromatic rings. The van der Waals surface area contributed by atoms with E-state index in [0.29, 0.717) is 5.69 Å². The average molecular weight is 265 g/mol. The third-order valence-corrected chi connectivity index (χ3v) is 3.42. The molecule has 0 amide bonds. The van der Waals surface area contributed by atoms with Crippen molar-refractivity contribution >= 4 is 10.9 Å². The van der Waals surface area contributed by atoms with Crippen molar-refractivity contribution in [2.75, 3.05) is 7.11 Å². The summed E-state index contributed by atoms with van der Waals surface area (Å²) in [5.41, 5.74) is 3.28. The normalized spacial score (nSPS) is 10.7. The zero-order chi connectivity index (χ0) is 14.1. The molecule has 3 heteroatoms. The first kappa shape index (κ1) is 12.5. The molecule has 0 unspecified atom stereocenters. The van der Waals surface area contributed by atoms with Gasteiger partial charge in [0.2, 0.25) is 0 Å². The summed E-state index contributed by atoms with van der Waals surface area (Å²) < 4.78 is 5.17. The standard InChI is InChI=1S/C17H15NO2/c1-11-17(19)16(12-7-9-13(20-2)10-8-12)14-5-3-4-6-15(14)18-11/h3-10,19H,1-2H3. The lowest BCUT2D eigenvalue weighted by Crippen LogP contribution is -1.90. The summed E-state index contributed by atoms with van der Waals surface area (Å²) in [5.74, 6) is 1.03. The SMILES string of the molecule is COc1ccc(-c2c(O)c(C)nc3ccccc23)cc1. The first-order chi connectivity index (χ1) is 9.70. The molecule has 100 valence electrons. The molecule has 0 spiro atoms. The fraction of sp³-hybridized carbons (Fsp3) is 0.118. The van der Waals surface area contributed by atoms with Crippen molar-refractivity contribution in [2.24, 2.45) is 0 Å². The predicted molar refractivity (Wildman–Crippen MR) is 80.1 cm³/mol. The molecule has 3 rings (SSSR count). The summed E-state index contributed by atoms with van der Waals surface area (Å²) in [6.07, 6.45) is 0. The highest BCUT2D eigenvalue weighted by Gasteiger charge is 2.13. The molecule has 1 N–H and O–H groups in total. The highest BCUT2D eigenvalue weighted by Crippen LogP contribution is 2.37. The zero-order valence-corrected chi connectivity index (χ0v) is 11.4. The summed E-state index contributed by atoms with van der Waals surface area (Å²) in [6.45, 7) is 1.81. The molecule has 0 aliphatic rings. The third kappa shape index (κ3) is 1.97. The Labute approximate surface area is 117 Å². The molecule has 0 atom stereocenters. The minimum atomic E-state index is 0.230. The maximum Gasteiger partial charge on any atom is 0.145 e. The number of aromatic nitrogens is 1. The van der Waals surface area contributed by atoms with E-state index in [-0.39, 0.29) is 5.75 Å². The minimum Gasteiger partial charge on any atom is -0.505 e. The number of hydrogen-bond acceptors (Lipinski definition) is 3. The number of ether oxygens (including phenoxy) is 1. The van der Waals surface area contributed by atoms with Crippen molar-refractivity contribution in [3.8, 4) is 22.6 Å². The van der Waals surface area contributed by atoms with Crippen LogP contribution in [0.4, 0.5) is 0 Å². The van der Waals surface area contributed by atoms with Crippen LogP contribution >= 0.6 is 0 Å². The molecule has 0 radical (unpaired) electrons. The van der Waals surface area contributed by atoms with Crippen molar-refractivity contribution < 1.29 is 9.84 Å². The number of para-hydroxylation sites is 1. The Morgan fingerprint density at radius 1 is 1.00 bits per heavy atom. The number of nitrogens with zero attached hydrogens (tertiary/aromatic N) is 1. The number of rotatable bonds is 2. The second-order valence-corrected chi connectivity index (χ2v) is 4.67. The molecule has 0 saturated heterocycles. The van der Waals surface area contributed by atoms with Gasteiger partial charge in [-0.2, -0.15) is 0 Å². The largest absolute Gasteiger partial charge is 0.505 e. The van der Waals surface area contributed by atoms with E-state index in [2.05, 4.69) is 4.98 Å². The molecule has 1 aromatic heterocycles. The number of pyridine rings is 1. The van der Waals surface area contributed by atoms with Crippen LogP contribution < -0.4 is 4.74 Å². The summed E-state index contributed by atoms with van der Waals surface area (Å²) in [4.78, 5) is 4.42. The summed E-state index contributed by atoms with van der Waals surface area (Å²) in [5, 5.41) is 11.3. The van der Waals surface area contributed by atoms with E-state index in [1.54, 1.807) is 7.11 Å². The quantitative estimate of drug-likeness (QED) is 0.763. The number of benzene rings is 2. The lowest BCUT2D eigenvalue weighted by Gasteiger charge is -2.11. The van der Waals surface area contributed by atoms with E-state index in [1.807, 2.05) is 55.5 Å². The van der Waals surface area contributed by atoms with Gasteiger partial charge in [-0.1, -0.05) is 30.3 Å². The van der Waals surface area contributed by atoms with E-state index >= 15 is 0 Å².